The van der Waals surface area contributed by atoms with E-state index in [2.05, 4.69) is 431 Å². The number of aromatic nitrogens is 4. The molecule has 22 rings (SSSR count). The molecule has 0 atom stereocenters. The fourth-order valence-electron chi connectivity index (χ4n) is 17.0. The van der Waals surface area contributed by atoms with Crippen LogP contribution in [-0.4, -0.2) is 18.3 Å². The van der Waals surface area contributed by atoms with E-state index in [1.165, 1.54) is 193 Å². The lowest BCUT2D eigenvalue weighted by molar-refractivity contribution is 1.18. The van der Waals surface area contributed by atoms with E-state index < -0.39 is 0 Å². The van der Waals surface area contributed by atoms with E-state index >= 15 is 0 Å². The molecule has 0 aliphatic carbocycles. The van der Waals surface area contributed by atoms with Crippen LogP contribution >= 0.6 is 0 Å². The third kappa shape index (κ3) is 10.6. The molecule has 0 amide bonds. The van der Waals surface area contributed by atoms with Crippen molar-refractivity contribution in [2.24, 2.45) is 0 Å². The van der Waals surface area contributed by atoms with E-state index in [1.807, 2.05) is 0 Å². The average Bonchev–Trinajstić information content (AvgIpc) is 1.59. The molecule has 4 nitrogen and oxygen atoms in total. The summed E-state index contributed by atoms with van der Waals surface area (Å²) >= 11 is 0. The van der Waals surface area contributed by atoms with Gasteiger partial charge in [-0.2, -0.15) is 0 Å². The smallest absolute Gasteiger partial charge is 0.0541 e. The molecule has 0 fully saturated rings. The van der Waals surface area contributed by atoms with Crippen molar-refractivity contribution in [3.05, 3.63) is 413 Å². The highest BCUT2D eigenvalue weighted by Crippen LogP contribution is 2.44. The third-order valence-electron chi connectivity index (χ3n) is 22.2. The molecule has 0 aliphatic rings. The first-order valence-corrected chi connectivity index (χ1v) is 37.2. The second kappa shape index (κ2) is 25.8. The van der Waals surface area contributed by atoms with Gasteiger partial charge in [0.05, 0.1) is 49.8 Å². The van der Waals surface area contributed by atoms with Gasteiger partial charge >= 0.3 is 0 Å². The second-order valence-corrected chi connectivity index (χ2v) is 28.4. The van der Waals surface area contributed by atoms with E-state index in [1.54, 1.807) is 0 Å². The standard InChI is InChI=1S/2C52H34N2/c1-2-12-35(13-3-1)37-22-24-38(25-23-37)43-16-6-9-19-48(43)54-50-21-11-8-18-45(50)47-34-41(28-31-52(47)54)40-27-30-51-46(33-40)44-17-7-10-20-49(44)53(51)42-29-26-36-14-4-5-15-39(36)32-42;1-2-11-35(12-3-1)37-21-23-38(24-22-37)40-15-10-16-43(31-40)53-49-19-8-6-17-45(49)47-33-41(26-29-51(47)53)42-27-30-52-48(34-42)46-18-7-9-20-50(46)54(52)44-28-25-36-13-4-5-14-39(36)32-44/h2*1-34H. The molecule has 0 saturated heterocycles. The SMILES string of the molecule is c1ccc(-c2ccc(-c3cccc(-n4c5ccccc5c5cc(-c6ccc7c(c6)c6ccccc6n7-c6ccc7ccccc7c6)ccc54)c3)cc2)cc1.c1ccc(-c2ccc(-c3ccccc3-n3c4ccccc4c4cc(-c5ccc6c(c5)c5ccccc5n6-c5ccc6ccccc6c5)ccc43)cc2)cc1. The van der Waals surface area contributed by atoms with Gasteiger partial charge in [0.1, 0.15) is 0 Å². The topological polar surface area (TPSA) is 19.7 Å². The molecular weight excluding hydrogens is 1310 g/mol. The Balaban J connectivity index is 0.000000138. The van der Waals surface area contributed by atoms with Gasteiger partial charge in [-0.05, 0) is 198 Å². The highest BCUT2D eigenvalue weighted by Gasteiger charge is 2.21. The maximum absolute atomic E-state index is 2.44. The lowest BCUT2D eigenvalue weighted by Gasteiger charge is -2.14. The van der Waals surface area contributed by atoms with Crippen molar-refractivity contribution in [3.8, 4) is 89.5 Å². The number of nitrogens with zero attached hydrogens (tertiary/aromatic N) is 4. The van der Waals surface area contributed by atoms with Gasteiger partial charge in [-0.1, -0.05) is 297 Å². The molecule has 0 unspecified atom stereocenters. The molecule has 4 aromatic heterocycles. The molecule has 22 aromatic rings. The number of fused-ring (bicyclic) bond motifs is 14. The molecule has 0 N–H and O–H groups in total. The zero-order chi connectivity index (χ0) is 71.2. The van der Waals surface area contributed by atoms with Crippen LogP contribution in [0.5, 0.6) is 0 Å². The minimum Gasteiger partial charge on any atom is -0.309 e. The van der Waals surface area contributed by atoms with Crippen LogP contribution in [0.15, 0.2) is 413 Å². The first-order chi connectivity index (χ1) is 53.5. The molecule has 4 heteroatoms. The van der Waals surface area contributed by atoms with Gasteiger partial charge < -0.3 is 18.3 Å². The van der Waals surface area contributed by atoms with Crippen LogP contribution in [0.3, 0.4) is 0 Å². The Morgan fingerprint density at radius 3 is 0.833 bits per heavy atom. The average molecular weight is 1370 g/mol. The summed E-state index contributed by atoms with van der Waals surface area (Å²) in [5.41, 5.74) is 28.9. The number of para-hydroxylation sites is 5. The summed E-state index contributed by atoms with van der Waals surface area (Å²) in [6.45, 7) is 0. The molecule has 4 heterocycles. The van der Waals surface area contributed by atoms with Gasteiger partial charge in [0.2, 0.25) is 0 Å². The Morgan fingerprint density at radius 1 is 0.130 bits per heavy atom. The van der Waals surface area contributed by atoms with Crippen molar-refractivity contribution in [1.82, 2.24) is 18.3 Å². The van der Waals surface area contributed by atoms with Crippen LogP contribution in [0, 0.1) is 0 Å². The van der Waals surface area contributed by atoms with Crippen LogP contribution in [-0.2, 0) is 0 Å². The summed E-state index contributed by atoms with van der Waals surface area (Å²) in [5, 5.41) is 15.0. The van der Waals surface area contributed by atoms with Gasteiger partial charge in [-0.3, -0.25) is 0 Å². The van der Waals surface area contributed by atoms with Crippen molar-refractivity contribution in [2.45, 2.75) is 0 Å². The van der Waals surface area contributed by atoms with E-state index in [4.69, 9.17) is 0 Å². The maximum Gasteiger partial charge on any atom is 0.0541 e. The number of hydrogen-bond acceptors (Lipinski definition) is 0. The fourth-order valence-corrected chi connectivity index (χ4v) is 17.0. The Bertz CT molecular complexity index is 7270. The predicted molar refractivity (Wildman–Crippen MR) is 458 cm³/mol. The van der Waals surface area contributed by atoms with Crippen molar-refractivity contribution in [2.75, 3.05) is 0 Å². The molecule has 0 bridgehead atoms. The predicted octanol–water partition coefficient (Wildman–Crippen LogP) is 28.1. The Morgan fingerprint density at radius 2 is 0.407 bits per heavy atom. The van der Waals surface area contributed by atoms with Crippen LogP contribution in [0.4, 0.5) is 0 Å². The van der Waals surface area contributed by atoms with E-state index in [0.29, 0.717) is 0 Å². The minimum absolute atomic E-state index is 1.15. The number of benzene rings is 18. The van der Waals surface area contributed by atoms with E-state index in [9.17, 15) is 0 Å². The first kappa shape index (κ1) is 62.3. The van der Waals surface area contributed by atoms with Crippen molar-refractivity contribution < 1.29 is 0 Å². The lowest BCUT2D eigenvalue weighted by atomic mass is 9.99. The quantitative estimate of drug-likeness (QED) is 0.130. The molecular formula is C104H68N4. The summed E-state index contributed by atoms with van der Waals surface area (Å²) in [5.74, 6) is 0. The highest BCUT2D eigenvalue weighted by atomic mass is 15.0. The van der Waals surface area contributed by atoms with Crippen LogP contribution in [0.25, 0.3) is 198 Å². The van der Waals surface area contributed by atoms with Crippen LogP contribution in [0.1, 0.15) is 0 Å². The Hall–Kier alpha value is -14.3. The minimum atomic E-state index is 1.15. The van der Waals surface area contributed by atoms with Crippen LogP contribution in [0.2, 0.25) is 0 Å². The number of hydrogen-bond donors (Lipinski definition) is 0. The zero-order valence-corrected chi connectivity index (χ0v) is 59.0. The molecule has 108 heavy (non-hydrogen) atoms. The third-order valence-corrected chi connectivity index (χ3v) is 22.2. The normalized spacial score (nSPS) is 11.7. The van der Waals surface area contributed by atoms with Gasteiger partial charge in [0, 0.05) is 65.7 Å². The summed E-state index contributed by atoms with van der Waals surface area (Å²) in [6, 6.07) is 150. The van der Waals surface area contributed by atoms with Crippen molar-refractivity contribution in [3.63, 3.8) is 0 Å². The largest absolute Gasteiger partial charge is 0.309 e. The number of rotatable bonds is 10. The molecule has 0 aliphatic heterocycles. The molecule has 18 aromatic carbocycles. The van der Waals surface area contributed by atoms with Crippen LogP contribution < -0.4 is 0 Å². The molecule has 0 saturated carbocycles. The second-order valence-electron chi connectivity index (χ2n) is 28.4. The summed E-state index contributed by atoms with van der Waals surface area (Å²) < 4.78 is 9.67. The Kier molecular flexibility index (Phi) is 14.9. The maximum atomic E-state index is 2.44. The first-order valence-electron chi connectivity index (χ1n) is 37.2. The zero-order valence-electron chi connectivity index (χ0n) is 59.0. The van der Waals surface area contributed by atoms with Gasteiger partial charge in [-0.15, -0.1) is 0 Å². The van der Waals surface area contributed by atoms with E-state index in [0.717, 1.165) is 5.69 Å². The molecule has 504 valence electrons. The summed E-state index contributed by atoms with van der Waals surface area (Å²) in [6.07, 6.45) is 0. The van der Waals surface area contributed by atoms with E-state index in [-0.39, 0.29) is 0 Å². The fraction of sp³-hybridized carbons (Fsp3) is 0. The Labute approximate surface area is 625 Å². The molecule has 0 radical (unpaired) electrons. The molecule has 0 spiro atoms. The van der Waals surface area contributed by atoms with Gasteiger partial charge in [0.25, 0.3) is 0 Å². The summed E-state index contributed by atoms with van der Waals surface area (Å²) in [4.78, 5) is 0. The van der Waals surface area contributed by atoms with Crippen molar-refractivity contribution >= 4 is 109 Å². The van der Waals surface area contributed by atoms with Gasteiger partial charge in [0.15, 0.2) is 0 Å². The summed E-state index contributed by atoms with van der Waals surface area (Å²) in [7, 11) is 0. The highest BCUT2D eigenvalue weighted by molar-refractivity contribution is 6.15. The van der Waals surface area contributed by atoms with Gasteiger partial charge in [-0.25, -0.2) is 0 Å². The lowest BCUT2D eigenvalue weighted by Crippen LogP contribution is -1.97. The van der Waals surface area contributed by atoms with Crippen molar-refractivity contribution in [1.29, 1.82) is 0 Å². The monoisotopic (exact) mass is 1370 g/mol.